The van der Waals surface area contributed by atoms with E-state index in [1.165, 1.54) is 0 Å². The van der Waals surface area contributed by atoms with Gasteiger partial charge in [0.05, 0.1) is 11.9 Å². The van der Waals surface area contributed by atoms with Crippen molar-refractivity contribution < 1.29 is 9.53 Å². The van der Waals surface area contributed by atoms with Crippen LogP contribution >= 0.6 is 0 Å². The van der Waals surface area contributed by atoms with E-state index in [4.69, 9.17) is 4.74 Å². The lowest BCUT2D eigenvalue weighted by molar-refractivity contribution is 0.0635. The zero-order valence-corrected chi connectivity index (χ0v) is 13.6. The first kappa shape index (κ1) is 16.0. The highest BCUT2D eigenvalue weighted by Crippen LogP contribution is 2.17. The van der Waals surface area contributed by atoms with Gasteiger partial charge in [-0.2, -0.15) is 5.10 Å². The Morgan fingerprint density at radius 1 is 1.36 bits per heavy atom. The van der Waals surface area contributed by atoms with Crippen molar-refractivity contribution in [2.24, 2.45) is 0 Å². The predicted molar refractivity (Wildman–Crippen MR) is 85.3 cm³/mol. The largest absolute Gasteiger partial charge is 0.444 e. The summed E-state index contributed by atoms with van der Waals surface area (Å²) in [7, 11) is 0. The number of hydrogen-bond donors (Lipinski definition) is 1. The lowest BCUT2D eigenvalue weighted by Gasteiger charge is -2.19. The van der Waals surface area contributed by atoms with Crippen molar-refractivity contribution in [2.45, 2.75) is 46.1 Å². The van der Waals surface area contributed by atoms with Crippen LogP contribution < -0.4 is 5.32 Å². The quantitative estimate of drug-likeness (QED) is 0.937. The Balaban J connectivity index is 2.14. The van der Waals surface area contributed by atoms with Crippen LogP contribution in [-0.4, -0.2) is 26.5 Å². The summed E-state index contributed by atoms with van der Waals surface area (Å²) in [6.07, 6.45) is 4.91. The van der Waals surface area contributed by atoms with Gasteiger partial charge >= 0.3 is 6.09 Å². The van der Waals surface area contributed by atoms with E-state index in [0.717, 1.165) is 11.3 Å². The third-order valence-corrected chi connectivity index (χ3v) is 2.91. The number of nitrogens with one attached hydrogen (secondary N) is 1. The van der Waals surface area contributed by atoms with Crippen LogP contribution in [0.15, 0.2) is 30.7 Å². The first-order valence-electron chi connectivity index (χ1n) is 7.25. The number of nitrogens with zero attached hydrogens (tertiary/aromatic N) is 3. The maximum Gasteiger partial charge on any atom is 0.413 e. The Morgan fingerprint density at radius 3 is 2.68 bits per heavy atom. The third-order valence-electron chi connectivity index (χ3n) is 2.91. The minimum absolute atomic E-state index is 0.412. The van der Waals surface area contributed by atoms with Gasteiger partial charge in [0.2, 0.25) is 0 Å². The summed E-state index contributed by atoms with van der Waals surface area (Å²) in [5.41, 5.74) is 1.43. The second-order valence-electron chi connectivity index (χ2n) is 6.40. The molecule has 2 aromatic heterocycles. The Morgan fingerprint density at radius 2 is 2.09 bits per heavy atom. The third kappa shape index (κ3) is 4.31. The molecule has 0 aliphatic heterocycles. The van der Waals surface area contributed by atoms with Crippen molar-refractivity contribution in [1.29, 1.82) is 0 Å². The fourth-order valence-electron chi connectivity index (χ4n) is 1.81. The number of pyridine rings is 1. The molecule has 22 heavy (non-hydrogen) atoms. The van der Waals surface area contributed by atoms with Crippen molar-refractivity contribution in [2.75, 3.05) is 5.32 Å². The first-order valence-corrected chi connectivity index (χ1v) is 7.25. The van der Waals surface area contributed by atoms with Crippen LogP contribution in [0, 0.1) is 0 Å². The molecule has 2 aromatic rings. The van der Waals surface area contributed by atoms with Crippen molar-refractivity contribution in [3.05, 3.63) is 36.3 Å². The van der Waals surface area contributed by atoms with Crippen molar-refractivity contribution in [3.63, 3.8) is 0 Å². The number of ether oxygens (including phenoxy) is 1. The molecule has 118 valence electrons. The molecule has 1 amide bonds. The smallest absolute Gasteiger partial charge is 0.413 e. The summed E-state index contributed by atoms with van der Waals surface area (Å²) in [4.78, 5) is 15.9. The normalized spacial score (nSPS) is 11.5. The molecule has 0 fully saturated rings. The summed E-state index contributed by atoms with van der Waals surface area (Å²) < 4.78 is 6.97. The maximum atomic E-state index is 11.8. The van der Waals surface area contributed by atoms with E-state index in [0.29, 0.717) is 11.7 Å². The van der Waals surface area contributed by atoms with Crippen LogP contribution in [0.4, 0.5) is 10.6 Å². The van der Waals surface area contributed by atoms with Crippen molar-refractivity contribution >= 4 is 11.9 Å². The maximum absolute atomic E-state index is 11.8. The number of hydrogen-bond acceptors (Lipinski definition) is 4. The fraction of sp³-hybridized carbons (Fsp3) is 0.438. The average Bonchev–Trinajstić information content (AvgIpc) is 2.86. The molecule has 0 aliphatic rings. The molecule has 0 saturated heterocycles. The molecule has 0 aliphatic carbocycles. The van der Waals surface area contributed by atoms with Crippen LogP contribution in [0.1, 0.15) is 46.1 Å². The van der Waals surface area contributed by atoms with E-state index in [2.05, 4.69) is 29.2 Å². The van der Waals surface area contributed by atoms with E-state index >= 15 is 0 Å². The van der Waals surface area contributed by atoms with Crippen molar-refractivity contribution in [3.8, 4) is 5.69 Å². The van der Waals surface area contributed by atoms with Gasteiger partial charge in [-0.1, -0.05) is 13.8 Å². The van der Waals surface area contributed by atoms with E-state index in [-0.39, 0.29) is 0 Å². The highest BCUT2D eigenvalue weighted by molar-refractivity contribution is 5.83. The van der Waals surface area contributed by atoms with Crippen LogP contribution in [-0.2, 0) is 4.74 Å². The number of anilines is 1. The van der Waals surface area contributed by atoms with Gasteiger partial charge in [0, 0.05) is 18.5 Å². The van der Waals surface area contributed by atoms with Crippen LogP contribution in [0.25, 0.3) is 5.69 Å². The van der Waals surface area contributed by atoms with Gasteiger partial charge in [0.1, 0.15) is 11.4 Å². The van der Waals surface area contributed by atoms with Gasteiger partial charge in [0.25, 0.3) is 0 Å². The Labute approximate surface area is 130 Å². The summed E-state index contributed by atoms with van der Waals surface area (Å²) in [5, 5.41) is 6.96. The molecule has 2 heterocycles. The topological polar surface area (TPSA) is 69.0 Å². The molecule has 6 heteroatoms. The second-order valence-corrected chi connectivity index (χ2v) is 6.40. The summed E-state index contributed by atoms with van der Waals surface area (Å²) in [5.74, 6) is 0.836. The van der Waals surface area contributed by atoms with Crippen molar-refractivity contribution in [1.82, 2.24) is 14.8 Å². The predicted octanol–water partition coefficient (Wildman–Crippen LogP) is 3.74. The SMILES string of the molecule is CC(C)c1cnn(-c2ccnc(NC(=O)OC(C)(C)C)c2)c1. The molecule has 0 atom stereocenters. The summed E-state index contributed by atoms with van der Waals surface area (Å²) >= 11 is 0. The molecular weight excluding hydrogens is 280 g/mol. The minimum Gasteiger partial charge on any atom is -0.444 e. The molecule has 2 rings (SSSR count). The van der Waals surface area contributed by atoms with Crippen LogP contribution in [0.5, 0.6) is 0 Å². The molecule has 0 unspecified atom stereocenters. The molecule has 0 bridgehead atoms. The van der Waals surface area contributed by atoms with Gasteiger partial charge in [-0.3, -0.25) is 5.32 Å². The lowest BCUT2D eigenvalue weighted by atomic mass is 10.1. The molecule has 1 N–H and O–H groups in total. The fourth-order valence-corrected chi connectivity index (χ4v) is 1.81. The molecule has 0 radical (unpaired) electrons. The minimum atomic E-state index is -0.546. The Bertz CT molecular complexity index is 656. The standard InChI is InChI=1S/C16H22N4O2/c1-11(2)12-9-18-20(10-12)13-6-7-17-14(8-13)19-15(21)22-16(3,4)5/h6-11H,1-5H3,(H,17,19,21). The summed E-state index contributed by atoms with van der Waals surface area (Å²) in [6.45, 7) is 9.67. The molecule has 0 aromatic carbocycles. The zero-order chi connectivity index (χ0) is 16.3. The lowest BCUT2D eigenvalue weighted by Crippen LogP contribution is -2.27. The molecular formula is C16H22N4O2. The van der Waals surface area contributed by atoms with E-state index < -0.39 is 11.7 Å². The number of rotatable bonds is 3. The highest BCUT2D eigenvalue weighted by atomic mass is 16.6. The van der Waals surface area contributed by atoms with Gasteiger partial charge in [0.15, 0.2) is 0 Å². The van der Waals surface area contributed by atoms with Gasteiger partial charge in [-0.25, -0.2) is 14.5 Å². The van der Waals surface area contributed by atoms with E-state index in [1.54, 1.807) is 16.9 Å². The average molecular weight is 302 g/mol. The first-order chi connectivity index (χ1) is 10.2. The molecule has 0 spiro atoms. The summed E-state index contributed by atoms with van der Waals surface area (Å²) in [6, 6.07) is 3.58. The van der Waals surface area contributed by atoms with Crippen LogP contribution in [0.2, 0.25) is 0 Å². The number of carbonyl (C=O) groups excluding carboxylic acids is 1. The van der Waals surface area contributed by atoms with Gasteiger partial charge < -0.3 is 4.74 Å². The van der Waals surface area contributed by atoms with Gasteiger partial charge in [-0.15, -0.1) is 0 Å². The monoisotopic (exact) mass is 302 g/mol. The Hall–Kier alpha value is -2.37. The zero-order valence-electron chi connectivity index (χ0n) is 13.6. The molecule has 6 nitrogen and oxygen atoms in total. The number of carbonyl (C=O) groups is 1. The van der Waals surface area contributed by atoms with E-state index in [9.17, 15) is 4.79 Å². The number of amides is 1. The number of aromatic nitrogens is 3. The van der Waals surface area contributed by atoms with Crippen LogP contribution in [0.3, 0.4) is 0 Å². The van der Waals surface area contributed by atoms with Gasteiger partial charge in [-0.05, 0) is 38.3 Å². The highest BCUT2D eigenvalue weighted by Gasteiger charge is 2.16. The molecule has 0 saturated carbocycles. The van der Waals surface area contributed by atoms with E-state index in [1.807, 2.05) is 39.2 Å². The Kier molecular flexibility index (Phi) is 4.49. The second kappa shape index (κ2) is 6.17.